The fourth-order valence-electron chi connectivity index (χ4n) is 2.98. The number of nitrogens with zero attached hydrogens (tertiary/aromatic N) is 4. The number of nitrogens with one attached hydrogen (secondary N) is 1. The lowest BCUT2D eigenvalue weighted by molar-refractivity contribution is -0.147. The number of benzene rings is 1. The number of esters is 1. The van der Waals surface area contributed by atoms with Crippen LogP contribution in [0.3, 0.4) is 0 Å². The summed E-state index contributed by atoms with van der Waals surface area (Å²) >= 11 is 1.45. The summed E-state index contributed by atoms with van der Waals surface area (Å²) in [6.07, 6.45) is 2.51. The van der Waals surface area contributed by atoms with Crippen LogP contribution >= 0.6 is 11.8 Å². The molecule has 0 fully saturated rings. The van der Waals surface area contributed by atoms with E-state index in [0.29, 0.717) is 23.0 Å². The first-order chi connectivity index (χ1) is 13.9. The van der Waals surface area contributed by atoms with Crippen LogP contribution in [0.25, 0.3) is 5.78 Å². The van der Waals surface area contributed by atoms with Crippen LogP contribution in [0.15, 0.2) is 29.4 Å². The van der Waals surface area contributed by atoms with Crippen molar-refractivity contribution in [3.05, 3.63) is 46.8 Å². The van der Waals surface area contributed by atoms with Crippen LogP contribution in [0.4, 0.5) is 5.69 Å². The average molecular weight is 414 g/mol. The minimum atomic E-state index is -0.438. The number of carbonyl (C=O) groups excluding carboxylic acids is 2. The van der Waals surface area contributed by atoms with E-state index in [0.717, 1.165) is 22.5 Å². The second-order valence-corrected chi connectivity index (χ2v) is 7.37. The van der Waals surface area contributed by atoms with E-state index in [4.69, 9.17) is 4.74 Å². The predicted octanol–water partition coefficient (Wildman–Crippen LogP) is 2.89. The van der Waals surface area contributed by atoms with Gasteiger partial charge in [-0.15, -0.1) is 5.10 Å². The van der Waals surface area contributed by atoms with Gasteiger partial charge in [0.2, 0.25) is 5.16 Å². The predicted molar refractivity (Wildman–Crippen MR) is 111 cm³/mol. The van der Waals surface area contributed by atoms with Crippen molar-refractivity contribution in [1.29, 1.82) is 0 Å². The number of para-hydroxylation sites is 1. The summed E-state index contributed by atoms with van der Waals surface area (Å²) in [4.78, 5) is 32.9. The Kier molecular flexibility index (Phi) is 6.48. The van der Waals surface area contributed by atoms with E-state index >= 15 is 0 Å². The van der Waals surface area contributed by atoms with Crippen molar-refractivity contribution >= 4 is 35.1 Å². The van der Waals surface area contributed by atoms with Gasteiger partial charge in [-0.1, -0.05) is 30.0 Å². The lowest BCUT2D eigenvalue weighted by Crippen LogP contribution is -2.21. The Bertz CT molecular complexity index is 1060. The minimum absolute atomic E-state index is 0.149. The van der Waals surface area contributed by atoms with Gasteiger partial charge in [0, 0.05) is 23.5 Å². The molecule has 0 aliphatic rings. The second-order valence-electron chi connectivity index (χ2n) is 6.60. The molecular formula is C20H23N5O3S. The summed E-state index contributed by atoms with van der Waals surface area (Å²) in [5.41, 5.74) is 4.28. The quantitative estimate of drug-likeness (QED) is 0.470. The van der Waals surface area contributed by atoms with Gasteiger partial charge in [0.05, 0.1) is 0 Å². The van der Waals surface area contributed by atoms with Gasteiger partial charge >= 0.3 is 5.97 Å². The lowest BCUT2D eigenvalue weighted by Gasteiger charge is -2.11. The van der Waals surface area contributed by atoms with Crippen LogP contribution in [-0.2, 0) is 20.7 Å². The van der Waals surface area contributed by atoms with Gasteiger partial charge in [0.1, 0.15) is 0 Å². The first-order valence-electron chi connectivity index (χ1n) is 9.17. The zero-order chi connectivity index (χ0) is 21.0. The van der Waals surface area contributed by atoms with Crippen molar-refractivity contribution in [1.82, 2.24) is 19.6 Å². The molecule has 0 aliphatic carbocycles. The lowest BCUT2D eigenvalue weighted by atomic mass is 10.1. The molecule has 152 valence electrons. The van der Waals surface area contributed by atoms with Crippen LogP contribution in [0.2, 0.25) is 0 Å². The number of carbonyl (C=O) groups is 2. The summed E-state index contributed by atoms with van der Waals surface area (Å²) in [5.74, 6) is -0.258. The highest BCUT2D eigenvalue weighted by atomic mass is 32.2. The number of hydrogen-bond acceptors (Lipinski definition) is 7. The summed E-state index contributed by atoms with van der Waals surface area (Å²) < 4.78 is 6.81. The fraction of sp³-hybridized carbons (Fsp3) is 0.350. The molecule has 0 bridgehead atoms. The summed E-state index contributed by atoms with van der Waals surface area (Å²) in [6.45, 7) is 5.39. The molecule has 0 unspecified atom stereocenters. The third-order valence-corrected chi connectivity index (χ3v) is 5.11. The smallest absolute Gasteiger partial charge is 0.306 e. The van der Waals surface area contributed by atoms with Crippen molar-refractivity contribution in [2.45, 2.75) is 38.8 Å². The zero-order valence-electron chi connectivity index (χ0n) is 16.9. The number of aromatic nitrogens is 4. The molecule has 9 heteroatoms. The van der Waals surface area contributed by atoms with E-state index in [1.807, 2.05) is 45.2 Å². The first kappa shape index (κ1) is 20.8. The molecule has 2 aromatic heterocycles. The van der Waals surface area contributed by atoms with Crippen molar-refractivity contribution in [2.75, 3.05) is 18.2 Å². The standard InChI is InChI=1S/C20H23N5O3S/c1-12-7-5-6-8-16(12)22-17(26)11-28-18(27)10-9-15-13(2)21-19-23-20(29-4)24-25(19)14(15)3/h5-8H,9-11H2,1-4H3,(H,22,26). The van der Waals surface area contributed by atoms with Crippen LogP contribution in [0, 0.1) is 20.8 Å². The van der Waals surface area contributed by atoms with Crippen LogP contribution < -0.4 is 5.32 Å². The number of anilines is 1. The Morgan fingerprint density at radius 1 is 1.17 bits per heavy atom. The topological polar surface area (TPSA) is 98.5 Å². The molecule has 8 nitrogen and oxygen atoms in total. The highest BCUT2D eigenvalue weighted by molar-refractivity contribution is 7.98. The molecule has 1 N–H and O–H groups in total. The number of thioether (sulfide) groups is 1. The molecule has 3 rings (SSSR count). The molecule has 0 spiro atoms. The number of fused-ring (bicyclic) bond motifs is 1. The van der Waals surface area contributed by atoms with Gasteiger partial charge < -0.3 is 10.1 Å². The third kappa shape index (κ3) is 4.92. The molecule has 3 aromatic rings. The molecule has 0 atom stereocenters. The SMILES string of the molecule is CSc1nc2nc(C)c(CCC(=O)OCC(=O)Nc3ccccc3C)c(C)n2n1. The van der Waals surface area contributed by atoms with Crippen molar-refractivity contribution < 1.29 is 14.3 Å². The molecular weight excluding hydrogens is 390 g/mol. The molecule has 29 heavy (non-hydrogen) atoms. The molecule has 2 heterocycles. The zero-order valence-corrected chi connectivity index (χ0v) is 17.7. The monoisotopic (exact) mass is 413 g/mol. The van der Waals surface area contributed by atoms with E-state index in [9.17, 15) is 9.59 Å². The summed E-state index contributed by atoms with van der Waals surface area (Å²) in [5, 5.41) is 7.79. The van der Waals surface area contributed by atoms with Crippen molar-refractivity contribution in [2.24, 2.45) is 0 Å². The number of amides is 1. The van der Waals surface area contributed by atoms with Gasteiger partial charge in [-0.3, -0.25) is 9.59 Å². The Balaban J connectivity index is 1.56. The fourth-order valence-corrected chi connectivity index (χ4v) is 3.32. The van der Waals surface area contributed by atoms with Crippen molar-refractivity contribution in [3.63, 3.8) is 0 Å². The van der Waals surface area contributed by atoms with Crippen LogP contribution in [0.1, 0.15) is 28.9 Å². The van der Waals surface area contributed by atoms with Crippen LogP contribution in [-0.4, -0.2) is 44.3 Å². The van der Waals surface area contributed by atoms with Gasteiger partial charge in [-0.05, 0) is 50.6 Å². The van der Waals surface area contributed by atoms with Crippen LogP contribution in [0.5, 0.6) is 0 Å². The van der Waals surface area contributed by atoms with E-state index in [1.165, 1.54) is 11.8 Å². The van der Waals surface area contributed by atoms with Gasteiger partial charge in [0.25, 0.3) is 11.7 Å². The normalized spacial score (nSPS) is 10.9. The molecule has 0 aliphatic heterocycles. The third-order valence-electron chi connectivity index (χ3n) is 4.57. The molecule has 1 amide bonds. The minimum Gasteiger partial charge on any atom is -0.456 e. The Morgan fingerprint density at radius 3 is 2.66 bits per heavy atom. The van der Waals surface area contributed by atoms with Gasteiger partial charge in [0.15, 0.2) is 6.61 Å². The number of rotatable bonds is 7. The number of ether oxygens (including phenoxy) is 1. The Morgan fingerprint density at radius 2 is 1.93 bits per heavy atom. The number of aryl methyl sites for hydroxylation is 3. The van der Waals surface area contributed by atoms with Gasteiger partial charge in [-0.2, -0.15) is 4.98 Å². The molecule has 1 aromatic carbocycles. The van der Waals surface area contributed by atoms with E-state index in [1.54, 1.807) is 10.6 Å². The van der Waals surface area contributed by atoms with Gasteiger partial charge in [-0.25, -0.2) is 9.50 Å². The van der Waals surface area contributed by atoms with Crippen molar-refractivity contribution in [3.8, 4) is 0 Å². The molecule has 0 saturated heterocycles. The maximum atomic E-state index is 12.1. The Hall–Kier alpha value is -2.94. The van der Waals surface area contributed by atoms with E-state index in [2.05, 4.69) is 20.4 Å². The number of hydrogen-bond donors (Lipinski definition) is 1. The highest BCUT2D eigenvalue weighted by Crippen LogP contribution is 2.18. The Labute approximate surface area is 173 Å². The summed E-state index contributed by atoms with van der Waals surface area (Å²) in [6, 6.07) is 7.43. The summed E-state index contributed by atoms with van der Waals surface area (Å²) in [7, 11) is 0. The molecule has 0 saturated carbocycles. The maximum absolute atomic E-state index is 12.1. The maximum Gasteiger partial charge on any atom is 0.306 e. The van der Waals surface area contributed by atoms with E-state index < -0.39 is 5.97 Å². The highest BCUT2D eigenvalue weighted by Gasteiger charge is 2.15. The first-order valence-corrected chi connectivity index (χ1v) is 10.4. The molecule has 0 radical (unpaired) electrons. The van der Waals surface area contributed by atoms with E-state index in [-0.39, 0.29) is 18.9 Å². The average Bonchev–Trinajstić information content (AvgIpc) is 3.11. The second kappa shape index (κ2) is 9.04. The largest absolute Gasteiger partial charge is 0.456 e.